The molecule has 0 spiro atoms. The molecule has 3 saturated carbocycles. The Morgan fingerprint density at radius 2 is 1.46 bits per heavy atom. The first-order valence-electron chi connectivity index (χ1n) is 24.7. The third kappa shape index (κ3) is 15.2. The maximum absolute atomic E-state index is 10.0. The largest absolute Gasteiger partial charge is 0.394 e. The van der Waals surface area contributed by atoms with Crippen LogP contribution >= 0.6 is 0 Å². The van der Waals surface area contributed by atoms with Gasteiger partial charge in [-0.25, -0.2) is 0 Å². The molecule has 4 aliphatic carbocycles. The van der Waals surface area contributed by atoms with E-state index < -0.39 is 5.54 Å². The van der Waals surface area contributed by atoms with Crippen molar-refractivity contribution in [1.82, 2.24) is 0 Å². The summed E-state index contributed by atoms with van der Waals surface area (Å²) >= 11 is 0. The minimum atomic E-state index is -0.847. The van der Waals surface area contributed by atoms with Gasteiger partial charge in [0.25, 0.3) is 0 Å². The van der Waals surface area contributed by atoms with E-state index in [9.17, 15) is 5.11 Å². The summed E-state index contributed by atoms with van der Waals surface area (Å²) in [5.74, 6) is 5.30. The van der Waals surface area contributed by atoms with Crippen LogP contribution in [0.5, 0.6) is 0 Å². The Morgan fingerprint density at radius 3 is 2.16 bits per heavy atom. The lowest BCUT2D eigenvalue weighted by molar-refractivity contribution is -0.0655. The minimum absolute atomic E-state index is 0.136. The Bertz CT molecular complexity index is 1180. The predicted octanol–water partition coefficient (Wildman–Crippen LogP) is 13.3. The van der Waals surface area contributed by atoms with Gasteiger partial charge in [0.15, 0.2) is 0 Å². The minimum Gasteiger partial charge on any atom is -0.394 e. The number of hydrogen-bond acceptors (Lipinski definition) is 5. The quantitative estimate of drug-likeness (QED) is 0.0559. The standard InChI is InChI=1S/C52H93NO4/c1-7-8-9-10-11-12-13-14-15-16-17-18-19-20-21-22-35-55-40-52(53,39-54)41-56-36-24-37-57-45-31-33-50(5)44(38-45)27-28-46-48-30-29-47(43(4)26-23-25-42(2)3)51(48,6)34-32-49(46)50/h11-12,14-15,27,42-43,45-49,54H,7-10,13,16-26,28-41,53H2,1-6H3/b12-11-,15-14-/t43?,45-,46?,47?,48?,49?,50-,51+,52?/m0/s1. The Balaban J connectivity index is 1.03. The molecule has 5 heteroatoms. The Morgan fingerprint density at radius 1 is 0.772 bits per heavy atom. The summed E-state index contributed by atoms with van der Waals surface area (Å²) in [5.41, 5.74) is 8.24. The smallest absolute Gasteiger partial charge is 0.0862 e. The lowest BCUT2D eigenvalue weighted by Crippen LogP contribution is -2.52. The molecule has 0 saturated heterocycles. The molecule has 5 nitrogen and oxygen atoms in total. The molecule has 4 aliphatic rings. The zero-order valence-electron chi connectivity index (χ0n) is 38.4. The molecule has 0 heterocycles. The van der Waals surface area contributed by atoms with Gasteiger partial charge in [-0.1, -0.05) is 135 Å². The molecule has 0 aromatic rings. The van der Waals surface area contributed by atoms with Crippen LogP contribution < -0.4 is 5.73 Å². The van der Waals surface area contributed by atoms with Crippen molar-refractivity contribution in [2.45, 2.75) is 207 Å². The normalized spacial score (nSPS) is 30.4. The summed E-state index contributed by atoms with van der Waals surface area (Å²) in [7, 11) is 0. The number of hydrogen-bond donors (Lipinski definition) is 2. The van der Waals surface area contributed by atoms with E-state index in [4.69, 9.17) is 19.9 Å². The van der Waals surface area contributed by atoms with Gasteiger partial charge in [0.05, 0.1) is 31.5 Å². The highest BCUT2D eigenvalue weighted by atomic mass is 16.5. The van der Waals surface area contributed by atoms with Crippen molar-refractivity contribution in [3.63, 3.8) is 0 Å². The van der Waals surface area contributed by atoms with E-state index in [0.29, 0.717) is 43.4 Å². The summed E-state index contributed by atoms with van der Waals surface area (Å²) in [6.07, 6.45) is 42.9. The molecule has 0 aliphatic heterocycles. The van der Waals surface area contributed by atoms with Crippen LogP contribution in [0.3, 0.4) is 0 Å². The molecule has 3 N–H and O–H groups in total. The number of ether oxygens (including phenoxy) is 3. The van der Waals surface area contributed by atoms with E-state index in [1.807, 2.05) is 0 Å². The lowest BCUT2D eigenvalue weighted by Gasteiger charge is -2.58. The van der Waals surface area contributed by atoms with Crippen LogP contribution in [-0.2, 0) is 14.2 Å². The molecular formula is C52H93NO4. The maximum atomic E-state index is 10.0. The summed E-state index contributed by atoms with van der Waals surface area (Å²) in [5, 5.41) is 10.0. The van der Waals surface area contributed by atoms with Crippen LogP contribution in [0.4, 0.5) is 0 Å². The Labute approximate surface area is 353 Å². The van der Waals surface area contributed by atoms with E-state index in [2.05, 4.69) is 71.9 Å². The van der Waals surface area contributed by atoms with E-state index >= 15 is 0 Å². The molecule has 4 rings (SSSR count). The number of fused-ring (bicyclic) bond motifs is 5. The van der Waals surface area contributed by atoms with Gasteiger partial charge in [-0.05, 0) is 143 Å². The van der Waals surface area contributed by atoms with Gasteiger partial charge < -0.3 is 25.1 Å². The van der Waals surface area contributed by atoms with Crippen LogP contribution in [0.1, 0.15) is 196 Å². The van der Waals surface area contributed by atoms with Gasteiger partial charge in [-0.3, -0.25) is 0 Å². The summed E-state index contributed by atoms with van der Waals surface area (Å²) in [6.45, 7) is 17.5. The van der Waals surface area contributed by atoms with E-state index in [0.717, 1.165) is 67.8 Å². The zero-order chi connectivity index (χ0) is 41.0. The number of unbranched alkanes of at least 4 members (excludes halogenated alkanes) is 9. The summed E-state index contributed by atoms with van der Waals surface area (Å²) in [4.78, 5) is 0. The number of aliphatic hydroxyl groups excluding tert-OH is 1. The highest BCUT2D eigenvalue weighted by Crippen LogP contribution is 2.67. The number of nitrogens with two attached hydrogens (primary N) is 1. The molecule has 0 aromatic carbocycles. The van der Waals surface area contributed by atoms with Gasteiger partial charge in [0.1, 0.15) is 0 Å². The fraction of sp³-hybridized carbons (Fsp3) is 0.885. The van der Waals surface area contributed by atoms with Gasteiger partial charge in [-0.2, -0.15) is 0 Å². The van der Waals surface area contributed by atoms with Crippen molar-refractivity contribution in [3.05, 3.63) is 36.0 Å². The second-order valence-corrected chi connectivity index (χ2v) is 20.6. The van der Waals surface area contributed by atoms with Crippen molar-refractivity contribution in [2.75, 3.05) is 39.6 Å². The maximum Gasteiger partial charge on any atom is 0.0862 e. The Kier molecular flexibility index (Phi) is 22.0. The third-order valence-corrected chi connectivity index (χ3v) is 15.6. The third-order valence-electron chi connectivity index (χ3n) is 15.6. The van der Waals surface area contributed by atoms with Gasteiger partial charge in [0, 0.05) is 19.8 Å². The number of allylic oxidation sites excluding steroid dienone is 5. The molecule has 0 radical (unpaired) electrons. The average Bonchev–Trinajstić information content (AvgIpc) is 3.56. The monoisotopic (exact) mass is 796 g/mol. The van der Waals surface area contributed by atoms with Gasteiger partial charge >= 0.3 is 0 Å². The van der Waals surface area contributed by atoms with Crippen molar-refractivity contribution < 1.29 is 19.3 Å². The molecule has 0 amide bonds. The second kappa shape index (κ2) is 25.7. The molecule has 330 valence electrons. The number of rotatable bonds is 30. The molecule has 57 heavy (non-hydrogen) atoms. The highest BCUT2D eigenvalue weighted by Gasteiger charge is 2.59. The predicted molar refractivity (Wildman–Crippen MR) is 242 cm³/mol. The zero-order valence-corrected chi connectivity index (χ0v) is 38.4. The van der Waals surface area contributed by atoms with Crippen molar-refractivity contribution in [3.8, 4) is 0 Å². The Hall–Kier alpha value is -0.980. The van der Waals surface area contributed by atoms with Crippen molar-refractivity contribution in [1.29, 1.82) is 0 Å². The molecular weight excluding hydrogens is 703 g/mol. The molecule has 9 atom stereocenters. The molecule has 6 unspecified atom stereocenters. The van der Waals surface area contributed by atoms with E-state index in [1.54, 1.807) is 5.57 Å². The van der Waals surface area contributed by atoms with Crippen molar-refractivity contribution in [2.24, 2.45) is 52.1 Å². The SMILES string of the molecule is CCCCC/C=C\C/C=C\CCCCCCCCOCC(N)(CO)COCCCO[C@H]1CC[C@@]2(C)C(=CCC3C4CCC(C(C)CCCC(C)C)[C@@]4(C)CCC32)C1. The average molecular weight is 796 g/mol. The first-order valence-corrected chi connectivity index (χ1v) is 24.7. The van der Waals surface area contributed by atoms with Crippen molar-refractivity contribution >= 4 is 0 Å². The highest BCUT2D eigenvalue weighted by molar-refractivity contribution is 5.25. The van der Waals surface area contributed by atoms with Crippen LogP contribution in [-0.4, -0.2) is 56.4 Å². The van der Waals surface area contributed by atoms with E-state index in [1.165, 1.54) is 128 Å². The topological polar surface area (TPSA) is 73.9 Å². The van der Waals surface area contributed by atoms with Crippen LogP contribution in [0.2, 0.25) is 0 Å². The second-order valence-electron chi connectivity index (χ2n) is 20.6. The molecule has 0 bridgehead atoms. The summed E-state index contributed by atoms with van der Waals surface area (Å²) < 4.78 is 18.3. The van der Waals surface area contributed by atoms with E-state index in [-0.39, 0.29) is 6.61 Å². The van der Waals surface area contributed by atoms with Gasteiger partial charge in [-0.15, -0.1) is 0 Å². The molecule has 3 fully saturated rings. The molecule has 0 aromatic heterocycles. The first-order chi connectivity index (χ1) is 27.6. The summed E-state index contributed by atoms with van der Waals surface area (Å²) in [6, 6.07) is 0. The lowest BCUT2D eigenvalue weighted by atomic mass is 9.47. The fourth-order valence-electron chi connectivity index (χ4n) is 12.1. The van der Waals surface area contributed by atoms with Crippen LogP contribution in [0, 0.1) is 46.3 Å². The fourth-order valence-corrected chi connectivity index (χ4v) is 12.1. The van der Waals surface area contributed by atoms with Crippen LogP contribution in [0.15, 0.2) is 36.0 Å². The van der Waals surface area contributed by atoms with Gasteiger partial charge in [0.2, 0.25) is 0 Å². The number of aliphatic hydroxyl groups is 1. The first kappa shape index (κ1) is 48.7. The van der Waals surface area contributed by atoms with Crippen LogP contribution in [0.25, 0.3) is 0 Å².